The summed E-state index contributed by atoms with van der Waals surface area (Å²) in [4.78, 5) is 0. The zero-order valence-corrected chi connectivity index (χ0v) is 22.3. The fraction of sp³-hybridized carbons (Fsp3) is 0.100. The molecule has 0 spiro atoms. The third-order valence-corrected chi connectivity index (χ3v) is 9.44. The first kappa shape index (κ1) is 22.2. The van der Waals surface area contributed by atoms with Gasteiger partial charge in [0.2, 0.25) is 0 Å². The summed E-state index contributed by atoms with van der Waals surface area (Å²) in [5.74, 6) is 0.567. The molecule has 0 nitrogen and oxygen atoms in total. The van der Waals surface area contributed by atoms with Crippen LogP contribution in [0, 0.1) is 11.8 Å². The van der Waals surface area contributed by atoms with Gasteiger partial charge in [-0.2, -0.15) is 0 Å². The third-order valence-electron chi connectivity index (χ3n) is 9.44. The molecule has 0 heteroatoms. The molecule has 0 amide bonds. The molecule has 3 aliphatic rings. The standard InChI is InChI=1S/C40H28/c1-2-10-28-23-30(22-19-25(28)9-1)38-31-14-3-5-16-33(31)40(34-17-6-4-15-32(34)38)36-24-29-13-7-11-26-20-21-27-12-8-18-35(36)39(27)37(26)29/h1,3-9,11-24,31,33H,2,10H2. The summed E-state index contributed by atoms with van der Waals surface area (Å²) in [5, 5.41) is 10.8. The van der Waals surface area contributed by atoms with Crippen LogP contribution in [0.2, 0.25) is 0 Å². The van der Waals surface area contributed by atoms with Crippen LogP contribution < -0.4 is 10.4 Å². The Balaban J connectivity index is 1.43. The highest BCUT2D eigenvalue weighted by Gasteiger charge is 2.33. The topological polar surface area (TPSA) is 0 Å². The number of aryl methyl sites for hydroxylation is 1. The average molecular weight is 509 g/mol. The molecular formula is C40H28. The Morgan fingerprint density at radius 2 is 1.30 bits per heavy atom. The van der Waals surface area contributed by atoms with E-state index in [4.69, 9.17) is 0 Å². The van der Waals surface area contributed by atoms with Gasteiger partial charge in [0.1, 0.15) is 0 Å². The lowest BCUT2D eigenvalue weighted by Gasteiger charge is -2.34. The minimum absolute atomic E-state index is 0.275. The minimum atomic E-state index is 0.275. The second-order valence-corrected chi connectivity index (χ2v) is 11.5. The maximum Gasteiger partial charge on any atom is 0.0137 e. The molecule has 0 aromatic heterocycles. The van der Waals surface area contributed by atoms with E-state index in [0.717, 1.165) is 12.8 Å². The van der Waals surface area contributed by atoms with Gasteiger partial charge in [-0.1, -0.05) is 127 Å². The van der Waals surface area contributed by atoms with Crippen molar-refractivity contribution in [3.05, 3.63) is 160 Å². The van der Waals surface area contributed by atoms with Crippen molar-refractivity contribution >= 4 is 49.5 Å². The lowest BCUT2D eigenvalue weighted by molar-refractivity contribution is 0.687. The minimum Gasteiger partial charge on any atom is -0.0836 e. The molecule has 0 fully saturated rings. The van der Waals surface area contributed by atoms with Gasteiger partial charge in [-0.3, -0.25) is 0 Å². The third kappa shape index (κ3) is 3.08. The summed E-state index contributed by atoms with van der Waals surface area (Å²) >= 11 is 0. The highest BCUT2D eigenvalue weighted by Crippen LogP contribution is 2.45. The van der Waals surface area contributed by atoms with Crippen LogP contribution in [0.5, 0.6) is 0 Å². The second-order valence-electron chi connectivity index (χ2n) is 11.5. The number of hydrogen-bond acceptors (Lipinski definition) is 0. The van der Waals surface area contributed by atoms with Crippen molar-refractivity contribution in [1.29, 1.82) is 0 Å². The number of fused-ring (bicyclic) bond motifs is 3. The molecule has 0 heterocycles. The lowest BCUT2D eigenvalue weighted by Crippen LogP contribution is -2.40. The van der Waals surface area contributed by atoms with Gasteiger partial charge in [0.15, 0.2) is 0 Å². The van der Waals surface area contributed by atoms with Gasteiger partial charge >= 0.3 is 0 Å². The van der Waals surface area contributed by atoms with Gasteiger partial charge in [0.25, 0.3) is 0 Å². The molecule has 0 radical (unpaired) electrons. The molecule has 0 bridgehead atoms. The molecule has 6 aromatic rings. The second kappa shape index (κ2) is 8.41. The molecule has 0 aliphatic heterocycles. The Labute approximate surface area is 233 Å². The Morgan fingerprint density at radius 3 is 2.15 bits per heavy atom. The zero-order chi connectivity index (χ0) is 26.2. The summed E-state index contributed by atoms with van der Waals surface area (Å²) in [5.41, 5.74) is 8.48. The first-order chi connectivity index (χ1) is 19.8. The summed E-state index contributed by atoms with van der Waals surface area (Å²) in [6, 6.07) is 36.9. The fourth-order valence-corrected chi connectivity index (χ4v) is 7.73. The highest BCUT2D eigenvalue weighted by atomic mass is 14.4. The van der Waals surface area contributed by atoms with Crippen LogP contribution in [0.4, 0.5) is 0 Å². The molecule has 2 atom stereocenters. The summed E-state index contributed by atoms with van der Waals surface area (Å²) < 4.78 is 0. The van der Waals surface area contributed by atoms with Gasteiger partial charge in [-0.15, -0.1) is 0 Å². The van der Waals surface area contributed by atoms with E-state index in [2.05, 4.69) is 134 Å². The van der Waals surface area contributed by atoms with Crippen LogP contribution in [0.15, 0.2) is 127 Å². The molecule has 2 unspecified atom stereocenters. The summed E-state index contributed by atoms with van der Waals surface area (Å²) in [7, 11) is 0. The molecular weight excluding hydrogens is 480 g/mol. The normalized spacial score (nSPS) is 19.4. The van der Waals surface area contributed by atoms with Gasteiger partial charge in [-0.25, -0.2) is 0 Å². The van der Waals surface area contributed by atoms with E-state index in [1.807, 2.05) is 0 Å². The Kier molecular flexibility index (Phi) is 4.66. The molecule has 188 valence electrons. The average Bonchev–Trinajstić information content (AvgIpc) is 3.02. The van der Waals surface area contributed by atoms with Gasteiger partial charge in [0.05, 0.1) is 0 Å². The molecule has 9 rings (SSSR count). The monoisotopic (exact) mass is 508 g/mol. The molecule has 0 N–H and O–H groups in total. The van der Waals surface area contributed by atoms with E-state index in [1.165, 1.54) is 76.2 Å². The maximum atomic E-state index is 2.47. The Bertz CT molecular complexity index is 2220. The summed E-state index contributed by atoms with van der Waals surface area (Å²) in [6.07, 6.45) is 16.2. The summed E-state index contributed by atoms with van der Waals surface area (Å²) in [6.45, 7) is 0. The van der Waals surface area contributed by atoms with E-state index in [1.54, 1.807) is 0 Å². The van der Waals surface area contributed by atoms with Crippen molar-refractivity contribution in [2.75, 3.05) is 0 Å². The smallest absolute Gasteiger partial charge is 0.0137 e. The molecule has 3 aliphatic carbocycles. The molecule has 0 saturated carbocycles. The van der Waals surface area contributed by atoms with Gasteiger partial charge in [-0.05, 0) is 95.1 Å². The van der Waals surface area contributed by atoms with Crippen molar-refractivity contribution in [1.82, 2.24) is 0 Å². The molecule has 6 aromatic carbocycles. The molecule has 40 heavy (non-hydrogen) atoms. The van der Waals surface area contributed by atoms with Crippen molar-refractivity contribution in [3.63, 3.8) is 0 Å². The van der Waals surface area contributed by atoms with Crippen LogP contribution in [0.1, 0.15) is 28.7 Å². The largest absolute Gasteiger partial charge is 0.0836 e. The van der Waals surface area contributed by atoms with E-state index in [9.17, 15) is 0 Å². The lowest BCUT2D eigenvalue weighted by atomic mass is 9.69. The number of rotatable bonds is 2. The van der Waals surface area contributed by atoms with E-state index >= 15 is 0 Å². The zero-order valence-electron chi connectivity index (χ0n) is 22.3. The maximum absolute atomic E-state index is 2.47. The van der Waals surface area contributed by atoms with Crippen LogP contribution in [-0.2, 0) is 6.42 Å². The van der Waals surface area contributed by atoms with Gasteiger partial charge in [0, 0.05) is 11.8 Å². The van der Waals surface area contributed by atoms with Gasteiger partial charge < -0.3 is 0 Å². The van der Waals surface area contributed by atoms with Crippen LogP contribution in [0.25, 0.3) is 49.5 Å². The predicted octanol–water partition coefficient (Wildman–Crippen LogP) is 8.31. The number of benzene rings is 6. The van der Waals surface area contributed by atoms with Crippen molar-refractivity contribution < 1.29 is 0 Å². The first-order valence-electron chi connectivity index (χ1n) is 14.5. The van der Waals surface area contributed by atoms with E-state index < -0.39 is 0 Å². The Morgan fingerprint density at radius 1 is 0.575 bits per heavy atom. The van der Waals surface area contributed by atoms with Crippen molar-refractivity contribution in [2.24, 2.45) is 11.8 Å². The van der Waals surface area contributed by atoms with Crippen LogP contribution in [0.3, 0.4) is 0 Å². The number of allylic oxidation sites excluding steroid dienone is 5. The van der Waals surface area contributed by atoms with Crippen molar-refractivity contribution in [2.45, 2.75) is 12.8 Å². The highest BCUT2D eigenvalue weighted by molar-refractivity contribution is 6.25. The van der Waals surface area contributed by atoms with E-state index in [0.29, 0.717) is 5.92 Å². The van der Waals surface area contributed by atoms with E-state index in [-0.39, 0.29) is 5.92 Å². The predicted molar refractivity (Wildman–Crippen MR) is 170 cm³/mol. The number of hydrogen-bond donors (Lipinski definition) is 0. The van der Waals surface area contributed by atoms with Crippen LogP contribution >= 0.6 is 0 Å². The fourth-order valence-electron chi connectivity index (χ4n) is 7.73. The van der Waals surface area contributed by atoms with Crippen molar-refractivity contribution in [3.8, 4) is 0 Å². The SMILES string of the molecule is C1=CC2C(c3ccc4c(c3)CCC=C4)=c3ccccc3=C(c3cc4cccc5ccc6cccc3c6c54)C2C=C1. The Hall–Kier alpha value is -4.68. The molecule has 0 saturated heterocycles. The quantitative estimate of drug-likeness (QED) is 0.206. The first-order valence-corrected chi connectivity index (χ1v) is 14.5. The van der Waals surface area contributed by atoms with Crippen LogP contribution in [-0.4, -0.2) is 0 Å².